The number of rotatable bonds is 5. The summed E-state index contributed by atoms with van der Waals surface area (Å²) in [6.45, 7) is 2.67. The Hall–Kier alpha value is -2.25. The van der Waals surface area contributed by atoms with Crippen LogP contribution in [0.3, 0.4) is 0 Å². The summed E-state index contributed by atoms with van der Waals surface area (Å²) in [5.41, 5.74) is 1.79. The Morgan fingerprint density at radius 3 is 2.70 bits per heavy atom. The van der Waals surface area contributed by atoms with Gasteiger partial charge in [0.25, 0.3) is 0 Å². The minimum atomic E-state index is 0.139. The molecule has 4 heteroatoms. The molecule has 0 saturated carbocycles. The summed E-state index contributed by atoms with van der Waals surface area (Å²) in [5.74, 6) is 7.30. The zero-order chi connectivity index (χ0) is 14.2. The van der Waals surface area contributed by atoms with E-state index in [1.54, 1.807) is 0 Å². The summed E-state index contributed by atoms with van der Waals surface area (Å²) in [6.07, 6.45) is 1.47. The Morgan fingerprint density at radius 1 is 1.25 bits per heavy atom. The monoisotopic (exact) mass is 271 g/mol. The van der Waals surface area contributed by atoms with Crippen LogP contribution in [0.5, 0.6) is 5.75 Å². The van der Waals surface area contributed by atoms with Crippen LogP contribution in [0.25, 0.3) is 0 Å². The summed E-state index contributed by atoms with van der Waals surface area (Å²) in [5, 5.41) is 12.6. The first-order valence-electron chi connectivity index (χ1n) is 6.63. The predicted octanol–water partition coefficient (Wildman–Crippen LogP) is 2.40. The third-order valence-corrected chi connectivity index (χ3v) is 2.68. The summed E-state index contributed by atoms with van der Waals surface area (Å²) in [6, 6.07) is 9.34. The summed E-state index contributed by atoms with van der Waals surface area (Å²) >= 11 is 0. The molecule has 0 fully saturated rings. The highest BCUT2D eigenvalue weighted by Crippen LogP contribution is 2.12. The first-order valence-corrected chi connectivity index (χ1v) is 6.63. The van der Waals surface area contributed by atoms with Gasteiger partial charge in [0.2, 0.25) is 5.76 Å². The van der Waals surface area contributed by atoms with E-state index < -0.39 is 0 Å². The van der Waals surface area contributed by atoms with Gasteiger partial charge in [-0.1, -0.05) is 18.0 Å². The number of ether oxygens (including phenoxy) is 1. The first kappa shape index (κ1) is 14.2. The Bertz CT molecular complexity index is 590. The maximum absolute atomic E-state index is 8.67. The van der Waals surface area contributed by atoms with Crippen LogP contribution in [0.15, 0.2) is 34.9 Å². The van der Waals surface area contributed by atoms with Crippen molar-refractivity contribution in [2.75, 3.05) is 13.2 Å². The lowest BCUT2D eigenvalue weighted by Gasteiger charge is -2.04. The Morgan fingerprint density at radius 2 is 2.05 bits per heavy atom. The second-order valence-electron chi connectivity index (χ2n) is 4.24. The van der Waals surface area contributed by atoms with Crippen molar-refractivity contribution in [2.45, 2.75) is 19.8 Å². The van der Waals surface area contributed by atoms with E-state index in [2.05, 4.69) is 17.0 Å². The smallest absolute Gasteiger partial charge is 0.210 e. The summed E-state index contributed by atoms with van der Waals surface area (Å²) < 4.78 is 10.5. The Labute approximate surface area is 118 Å². The molecule has 0 bridgehead atoms. The van der Waals surface area contributed by atoms with Gasteiger partial charge in [-0.25, -0.2) is 0 Å². The van der Waals surface area contributed by atoms with Gasteiger partial charge in [-0.15, -0.1) is 0 Å². The number of hydrogen-bond acceptors (Lipinski definition) is 4. The number of aromatic nitrogens is 1. The van der Waals surface area contributed by atoms with E-state index in [4.69, 9.17) is 14.4 Å². The van der Waals surface area contributed by atoms with Crippen LogP contribution in [0.4, 0.5) is 0 Å². The van der Waals surface area contributed by atoms with Crippen molar-refractivity contribution in [2.24, 2.45) is 0 Å². The minimum Gasteiger partial charge on any atom is -0.494 e. The molecule has 1 aromatic heterocycles. The molecule has 0 saturated heterocycles. The summed E-state index contributed by atoms with van der Waals surface area (Å²) in [7, 11) is 0. The highest BCUT2D eigenvalue weighted by Gasteiger charge is 1.98. The van der Waals surface area contributed by atoms with E-state index in [1.807, 2.05) is 37.3 Å². The molecular weight excluding hydrogens is 254 g/mol. The van der Waals surface area contributed by atoms with Crippen molar-refractivity contribution >= 4 is 0 Å². The number of benzene rings is 1. The average Bonchev–Trinajstić information content (AvgIpc) is 2.95. The van der Waals surface area contributed by atoms with Crippen molar-refractivity contribution in [3.8, 4) is 17.6 Å². The van der Waals surface area contributed by atoms with E-state index in [9.17, 15) is 0 Å². The van der Waals surface area contributed by atoms with Crippen molar-refractivity contribution in [3.63, 3.8) is 0 Å². The lowest BCUT2D eigenvalue weighted by atomic mass is 10.2. The van der Waals surface area contributed by atoms with E-state index in [-0.39, 0.29) is 6.61 Å². The largest absolute Gasteiger partial charge is 0.494 e. The highest BCUT2D eigenvalue weighted by atomic mass is 16.5. The van der Waals surface area contributed by atoms with Crippen LogP contribution in [-0.2, 0) is 6.42 Å². The molecule has 0 unspecified atom stereocenters. The van der Waals surface area contributed by atoms with Gasteiger partial charge in [-0.05, 0) is 36.6 Å². The fourth-order valence-corrected chi connectivity index (χ4v) is 1.56. The van der Waals surface area contributed by atoms with E-state index in [1.165, 1.54) is 0 Å². The third kappa shape index (κ3) is 4.15. The van der Waals surface area contributed by atoms with Gasteiger partial charge >= 0.3 is 0 Å². The lowest BCUT2D eigenvalue weighted by molar-refractivity contribution is 0.233. The SMILES string of the molecule is CCc1cc(C#Cc2ccc(OCCCO)cc2)on1. The standard InChI is InChI=1S/C16H17NO3/c1-2-14-12-16(20-17-14)9-6-13-4-7-15(8-5-13)19-11-3-10-18/h4-5,7-8,12,18H,2-3,10-11H2,1H3. The molecule has 0 amide bonds. The second kappa shape index (κ2) is 7.37. The number of nitrogens with zero attached hydrogens (tertiary/aromatic N) is 1. The topological polar surface area (TPSA) is 55.5 Å². The molecule has 1 heterocycles. The van der Waals surface area contributed by atoms with Crippen molar-refractivity contribution in [1.29, 1.82) is 0 Å². The highest BCUT2D eigenvalue weighted by molar-refractivity contribution is 5.41. The Kier molecular flexibility index (Phi) is 5.22. The average molecular weight is 271 g/mol. The molecular formula is C16H17NO3. The van der Waals surface area contributed by atoms with Crippen LogP contribution in [0.1, 0.15) is 30.4 Å². The molecule has 0 spiro atoms. The van der Waals surface area contributed by atoms with E-state index >= 15 is 0 Å². The fraction of sp³-hybridized carbons (Fsp3) is 0.312. The maximum atomic E-state index is 8.67. The maximum Gasteiger partial charge on any atom is 0.210 e. The lowest BCUT2D eigenvalue weighted by Crippen LogP contribution is -1.99. The zero-order valence-electron chi connectivity index (χ0n) is 11.4. The van der Waals surface area contributed by atoms with Crippen LogP contribution in [0, 0.1) is 11.8 Å². The molecule has 2 aromatic rings. The van der Waals surface area contributed by atoms with Gasteiger partial charge in [0.15, 0.2) is 0 Å². The molecule has 0 aliphatic heterocycles. The van der Waals surface area contributed by atoms with E-state index in [0.29, 0.717) is 18.8 Å². The molecule has 0 radical (unpaired) electrons. The molecule has 2 rings (SSSR count). The normalized spacial score (nSPS) is 9.90. The summed E-state index contributed by atoms with van der Waals surface area (Å²) in [4.78, 5) is 0. The predicted molar refractivity (Wildman–Crippen MR) is 75.5 cm³/mol. The molecule has 0 atom stereocenters. The quantitative estimate of drug-likeness (QED) is 0.670. The van der Waals surface area contributed by atoms with E-state index in [0.717, 1.165) is 23.4 Å². The number of aliphatic hydroxyl groups excluding tert-OH is 1. The molecule has 4 nitrogen and oxygen atoms in total. The van der Waals surface area contributed by atoms with Crippen molar-refractivity contribution in [1.82, 2.24) is 5.16 Å². The van der Waals surface area contributed by atoms with Gasteiger partial charge in [0.05, 0.1) is 12.3 Å². The van der Waals surface area contributed by atoms with Crippen molar-refractivity contribution in [3.05, 3.63) is 47.3 Å². The molecule has 1 N–H and O–H groups in total. The number of aryl methyl sites for hydroxylation is 1. The van der Waals surface area contributed by atoms with Gasteiger partial charge in [-0.3, -0.25) is 0 Å². The molecule has 0 aliphatic rings. The molecule has 104 valence electrons. The fourth-order valence-electron chi connectivity index (χ4n) is 1.56. The van der Waals surface area contributed by atoms with Gasteiger partial charge < -0.3 is 14.4 Å². The van der Waals surface area contributed by atoms with Gasteiger partial charge in [0.1, 0.15) is 5.75 Å². The van der Waals surface area contributed by atoms with Crippen LogP contribution in [0.2, 0.25) is 0 Å². The Balaban J connectivity index is 1.96. The number of hydrogen-bond donors (Lipinski definition) is 1. The zero-order valence-corrected chi connectivity index (χ0v) is 11.4. The van der Waals surface area contributed by atoms with Gasteiger partial charge in [0, 0.05) is 24.7 Å². The first-order chi connectivity index (χ1) is 9.81. The van der Waals surface area contributed by atoms with Crippen LogP contribution >= 0.6 is 0 Å². The molecule has 20 heavy (non-hydrogen) atoms. The van der Waals surface area contributed by atoms with Crippen LogP contribution in [-0.4, -0.2) is 23.5 Å². The van der Waals surface area contributed by atoms with Gasteiger partial charge in [-0.2, -0.15) is 0 Å². The van der Waals surface area contributed by atoms with Crippen molar-refractivity contribution < 1.29 is 14.4 Å². The molecule has 1 aromatic carbocycles. The minimum absolute atomic E-state index is 0.139. The van der Waals surface area contributed by atoms with Crippen LogP contribution < -0.4 is 4.74 Å². The molecule has 0 aliphatic carbocycles. The number of aliphatic hydroxyl groups is 1. The third-order valence-electron chi connectivity index (χ3n) is 2.68. The second-order valence-corrected chi connectivity index (χ2v) is 4.24.